The van der Waals surface area contributed by atoms with Gasteiger partial charge in [-0.1, -0.05) is 28.9 Å². The van der Waals surface area contributed by atoms with Gasteiger partial charge in [-0.3, -0.25) is 0 Å². The van der Waals surface area contributed by atoms with E-state index in [2.05, 4.69) is 16.5 Å². The largest absolute Gasteiger partial charge is 0.444 e. The lowest BCUT2D eigenvalue weighted by Crippen LogP contribution is -2.31. The normalized spacial score (nSPS) is 18.5. The quantitative estimate of drug-likeness (QED) is 0.554. The number of hydrogen-bond acceptors (Lipinski definition) is 5. The fourth-order valence-electron chi connectivity index (χ4n) is 1.97. The van der Waals surface area contributed by atoms with Crippen LogP contribution in [0.3, 0.4) is 0 Å². The van der Waals surface area contributed by atoms with Crippen molar-refractivity contribution in [1.82, 2.24) is 5.32 Å². The van der Waals surface area contributed by atoms with Crippen molar-refractivity contribution in [1.29, 1.82) is 0 Å². The zero-order valence-corrected chi connectivity index (χ0v) is 10.7. The summed E-state index contributed by atoms with van der Waals surface area (Å²) < 4.78 is 15.2. The van der Waals surface area contributed by atoms with Gasteiger partial charge in [0, 0.05) is 12.6 Å². The molecule has 0 radical (unpaired) electrons. The van der Waals surface area contributed by atoms with Crippen LogP contribution in [0.1, 0.15) is 44.9 Å². The van der Waals surface area contributed by atoms with Crippen LogP contribution in [0.2, 0.25) is 0 Å². The maximum absolute atomic E-state index is 10.4. The molecule has 0 atom stereocenters. The first-order chi connectivity index (χ1) is 7.29. The lowest BCUT2D eigenvalue weighted by atomic mass is 9.95. The molecule has 1 N–H and O–H groups in total. The van der Waals surface area contributed by atoms with Gasteiger partial charge in [0.2, 0.25) is 0 Å². The van der Waals surface area contributed by atoms with Gasteiger partial charge in [-0.25, -0.2) is 11.2 Å². The highest BCUT2D eigenvalue weighted by atomic mass is 32.8. The molecule has 1 fully saturated rings. The van der Waals surface area contributed by atoms with E-state index in [4.69, 9.17) is 4.18 Å². The van der Waals surface area contributed by atoms with Crippen molar-refractivity contribution < 1.29 is 8.39 Å². The lowest BCUT2D eigenvalue weighted by molar-refractivity contribution is 0.327. The van der Waals surface area contributed by atoms with E-state index in [1.165, 1.54) is 32.1 Å². The molecule has 90 valence electrons. The molecule has 1 aliphatic rings. The Kier molecular flexibility index (Phi) is 7.52. The first-order valence-corrected chi connectivity index (χ1v) is 7.75. The molecule has 0 aliphatic heterocycles. The summed E-state index contributed by atoms with van der Waals surface area (Å²) in [6.07, 6.45) is 8.80. The van der Waals surface area contributed by atoms with E-state index in [0.29, 0.717) is 6.61 Å². The smallest absolute Gasteiger partial charge is 0.0257 e. The molecule has 0 saturated heterocycles. The summed E-state index contributed by atoms with van der Waals surface area (Å²) in [5, 5.41) is 3.55. The summed E-state index contributed by atoms with van der Waals surface area (Å²) in [5.41, 5.74) is 0. The summed E-state index contributed by atoms with van der Waals surface area (Å²) in [6.45, 7) is 1.56. The molecule has 15 heavy (non-hydrogen) atoms. The molecule has 0 unspecified atom stereocenters. The standard InChI is InChI=1S/C10H20NO2S2/c12-15(14)13-9-5-4-8-11-10-6-2-1-3-7-10/h10-11H,1-9H2/q-1. The van der Waals surface area contributed by atoms with Crippen LogP contribution in [0.15, 0.2) is 0 Å². The molecule has 1 aliphatic carbocycles. The molecule has 0 spiro atoms. The Labute approximate surface area is 98.9 Å². The first-order valence-electron chi connectivity index (χ1n) is 5.75. The van der Waals surface area contributed by atoms with Crippen LogP contribution in [0.4, 0.5) is 0 Å². The first kappa shape index (κ1) is 13.4. The minimum atomic E-state index is -1.51. The Morgan fingerprint density at radius 1 is 1.27 bits per heavy atom. The zero-order valence-electron chi connectivity index (χ0n) is 9.07. The number of rotatable bonds is 7. The monoisotopic (exact) mass is 250 g/mol. The fourth-order valence-corrected chi connectivity index (χ4v) is 2.42. The van der Waals surface area contributed by atoms with Gasteiger partial charge in [0.1, 0.15) is 0 Å². The summed E-state index contributed by atoms with van der Waals surface area (Å²) in [6, 6.07) is 0.729. The third-order valence-corrected chi connectivity index (χ3v) is 3.44. The predicted octanol–water partition coefficient (Wildman–Crippen LogP) is 2.05. The van der Waals surface area contributed by atoms with E-state index in [1.54, 1.807) is 0 Å². The summed E-state index contributed by atoms with van der Waals surface area (Å²) in [4.78, 5) is 0. The Morgan fingerprint density at radius 3 is 2.67 bits per heavy atom. The summed E-state index contributed by atoms with van der Waals surface area (Å²) in [5.74, 6) is 0. The van der Waals surface area contributed by atoms with E-state index < -0.39 is 9.64 Å². The van der Waals surface area contributed by atoms with Crippen molar-refractivity contribution >= 4 is 20.8 Å². The van der Waals surface area contributed by atoms with E-state index >= 15 is 0 Å². The molecule has 0 aromatic rings. The molecule has 0 heterocycles. The Balaban J connectivity index is 1.87. The van der Waals surface area contributed by atoms with Crippen molar-refractivity contribution in [2.75, 3.05) is 13.2 Å². The third-order valence-electron chi connectivity index (χ3n) is 2.79. The second-order valence-electron chi connectivity index (χ2n) is 4.02. The highest BCUT2D eigenvalue weighted by Gasteiger charge is 2.11. The van der Waals surface area contributed by atoms with E-state index in [-0.39, 0.29) is 0 Å². The van der Waals surface area contributed by atoms with Crippen molar-refractivity contribution in [3.05, 3.63) is 0 Å². The Morgan fingerprint density at radius 2 is 2.00 bits per heavy atom. The van der Waals surface area contributed by atoms with Gasteiger partial charge in [-0.05, 0) is 32.2 Å². The van der Waals surface area contributed by atoms with E-state index in [0.717, 1.165) is 25.4 Å². The number of hydrogen-bond donors (Lipinski definition) is 1. The lowest BCUT2D eigenvalue weighted by Gasteiger charge is -2.22. The third kappa shape index (κ3) is 7.22. The van der Waals surface area contributed by atoms with Crippen LogP contribution >= 0.6 is 0 Å². The van der Waals surface area contributed by atoms with Crippen molar-refractivity contribution in [2.24, 2.45) is 0 Å². The second kappa shape index (κ2) is 8.44. The Bertz CT molecular complexity index is 217. The molecular formula is C10H20NO2S2-. The fraction of sp³-hybridized carbons (Fsp3) is 1.00. The predicted molar refractivity (Wildman–Crippen MR) is 65.5 cm³/mol. The van der Waals surface area contributed by atoms with E-state index in [1.807, 2.05) is 0 Å². The van der Waals surface area contributed by atoms with Gasteiger partial charge < -0.3 is 13.7 Å². The number of nitrogens with one attached hydrogen (secondary N) is 1. The van der Waals surface area contributed by atoms with Gasteiger partial charge in [-0.15, -0.1) is 0 Å². The molecular weight excluding hydrogens is 230 g/mol. The molecule has 0 bridgehead atoms. The van der Waals surface area contributed by atoms with Crippen molar-refractivity contribution in [2.45, 2.75) is 51.0 Å². The maximum Gasteiger partial charge on any atom is 0.0257 e. The average Bonchev–Trinajstić information content (AvgIpc) is 2.24. The molecule has 0 aromatic heterocycles. The highest BCUT2D eigenvalue weighted by Crippen LogP contribution is 2.17. The van der Waals surface area contributed by atoms with Crippen LogP contribution in [-0.2, 0) is 29.2 Å². The molecule has 3 nitrogen and oxygen atoms in total. The van der Waals surface area contributed by atoms with Crippen LogP contribution in [0.25, 0.3) is 0 Å². The highest BCUT2D eigenvalue weighted by molar-refractivity contribution is 8.19. The summed E-state index contributed by atoms with van der Waals surface area (Å²) >= 11 is 4.39. The van der Waals surface area contributed by atoms with Crippen LogP contribution < -0.4 is 5.32 Å². The molecule has 5 heteroatoms. The maximum atomic E-state index is 10.4. The second-order valence-corrected chi connectivity index (χ2v) is 5.48. The SMILES string of the molecule is O=[S-](=S)OCCCCNC1CCCCC1. The molecule has 0 amide bonds. The van der Waals surface area contributed by atoms with Crippen LogP contribution in [0.5, 0.6) is 0 Å². The van der Waals surface area contributed by atoms with Crippen LogP contribution in [0, 0.1) is 0 Å². The molecule has 1 rings (SSSR count). The molecule has 0 aromatic carbocycles. The van der Waals surface area contributed by atoms with Gasteiger partial charge in [0.25, 0.3) is 0 Å². The minimum absolute atomic E-state index is 0.516. The average molecular weight is 250 g/mol. The van der Waals surface area contributed by atoms with Crippen molar-refractivity contribution in [3.8, 4) is 0 Å². The Hall–Kier alpha value is 0.290. The van der Waals surface area contributed by atoms with Crippen LogP contribution in [-0.4, -0.2) is 19.2 Å². The van der Waals surface area contributed by atoms with Crippen molar-refractivity contribution in [3.63, 3.8) is 0 Å². The van der Waals surface area contributed by atoms with E-state index in [9.17, 15) is 4.21 Å². The van der Waals surface area contributed by atoms with Gasteiger partial charge >= 0.3 is 0 Å². The molecule has 1 saturated carbocycles. The minimum Gasteiger partial charge on any atom is -0.444 e. The summed E-state index contributed by atoms with van der Waals surface area (Å²) in [7, 11) is -1.51. The van der Waals surface area contributed by atoms with Gasteiger partial charge in [0.15, 0.2) is 0 Å². The topological polar surface area (TPSA) is 38.3 Å². The zero-order chi connectivity index (χ0) is 10.9. The van der Waals surface area contributed by atoms with Gasteiger partial charge in [-0.2, -0.15) is 0 Å². The van der Waals surface area contributed by atoms with Gasteiger partial charge in [0.05, 0.1) is 0 Å². The number of unbranched alkanes of at least 4 members (excludes halogenated alkanes) is 1.